The minimum Gasteiger partial charge on any atom is -0.326 e. The van der Waals surface area contributed by atoms with Crippen LogP contribution in [0.2, 0.25) is 0 Å². The third-order valence-electron chi connectivity index (χ3n) is 4.00. The highest BCUT2D eigenvalue weighted by Crippen LogP contribution is 2.28. The summed E-state index contributed by atoms with van der Waals surface area (Å²) in [5.74, 6) is -0.280. The first kappa shape index (κ1) is 14.5. The Balaban J connectivity index is 2.12. The summed E-state index contributed by atoms with van der Waals surface area (Å²) in [4.78, 5) is 13.9. The zero-order chi connectivity index (χ0) is 14.5. The Morgan fingerprint density at radius 3 is 2.45 bits per heavy atom. The fourth-order valence-corrected chi connectivity index (χ4v) is 2.79. The highest BCUT2D eigenvalue weighted by Gasteiger charge is 2.28. The van der Waals surface area contributed by atoms with Crippen molar-refractivity contribution in [2.24, 2.45) is 5.92 Å². The number of nitriles is 1. The van der Waals surface area contributed by atoms with Crippen molar-refractivity contribution in [2.75, 3.05) is 7.05 Å². The molecule has 2 rings (SSSR count). The summed E-state index contributed by atoms with van der Waals surface area (Å²) in [7, 11) is 1.66. The Hall–Kier alpha value is -1.89. The van der Waals surface area contributed by atoms with Crippen LogP contribution in [-0.2, 0) is 4.79 Å². The number of halogens is 1. The van der Waals surface area contributed by atoms with E-state index in [4.69, 9.17) is 0 Å². The van der Waals surface area contributed by atoms with Gasteiger partial charge >= 0.3 is 0 Å². The molecule has 106 valence electrons. The molecule has 1 aromatic carbocycles. The molecule has 1 saturated carbocycles. The summed E-state index contributed by atoms with van der Waals surface area (Å²) in [5, 5.41) is 9.33. The van der Waals surface area contributed by atoms with Gasteiger partial charge in [0.05, 0.1) is 6.07 Å². The molecule has 0 radical (unpaired) electrons. The van der Waals surface area contributed by atoms with Gasteiger partial charge in [0, 0.05) is 13.0 Å². The number of carbonyl (C=O) groups is 1. The summed E-state index contributed by atoms with van der Waals surface area (Å²) in [6, 6.07) is 7.25. The molecule has 0 spiro atoms. The van der Waals surface area contributed by atoms with E-state index in [1.807, 2.05) is 0 Å². The third kappa shape index (κ3) is 3.16. The summed E-state index contributed by atoms with van der Waals surface area (Å²) in [6.45, 7) is 0. The van der Waals surface area contributed by atoms with Gasteiger partial charge in [-0.05, 0) is 30.5 Å². The highest BCUT2D eigenvalue weighted by molar-refractivity contribution is 5.79. The largest absolute Gasteiger partial charge is 0.326 e. The molecule has 1 aliphatic carbocycles. The average molecular weight is 274 g/mol. The van der Waals surface area contributed by atoms with Gasteiger partial charge in [-0.15, -0.1) is 0 Å². The quantitative estimate of drug-likeness (QED) is 0.847. The number of rotatable bonds is 3. The molecule has 1 unspecified atom stereocenters. The molecule has 4 heteroatoms. The summed E-state index contributed by atoms with van der Waals surface area (Å²) in [5.41, 5.74) is 0.653. The van der Waals surface area contributed by atoms with Crippen LogP contribution in [-0.4, -0.2) is 17.9 Å². The third-order valence-corrected chi connectivity index (χ3v) is 4.00. The fraction of sp³-hybridized carbons (Fsp3) is 0.500. The molecule has 1 atom stereocenters. The van der Waals surface area contributed by atoms with E-state index in [1.165, 1.54) is 23.5 Å². The molecule has 0 aliphatic heterocycles. The minimum absolute atomic E-state index is 0.0283. The number of benzene rings is 1. The van der Waals surface area contributed by atoms with Crippen molar-refractivity contribution >= 4 is 5.91 Å². The maximum absolute atomic E-state index is 12.9. The zero-order valence-electron chi connectivity index (χ0n) is 11.7. The van der Waals surface area contributed by atoms with Crippen molar-refractivity contribution < 1.29 is 9.18 Å². The van der Waals surface area contributed by atoms with Gasteiger partial charge < -0.3 is 4.90 Å². The predicted molar refractivity (Wildman–Crippen MR) is 74.1 cm³/mol. The summed E-state index contributed by atoms with van der Waals surface area (Å²) >= 11 is 0. The van der Waals surface area contributed by atoms with Crippen LogP contribution in [0.25, 0.3) is 0 Å². The second-order valence-corrected chi connectivity index (χ2v) is 5.37. The molecular weight excluding hydrogens is 255 g/mol. The van der Waals surface area contributed by atoms with Gasteiger partial charge in [-0.25, -0.2) is 4.39 Å². The van der Waals surface area contributed by atoms with E-state index in [-0.39, 0.29) is 17.6 Å². The van der Waals surface area contributed by atoms with Gasteiger partial charge in [0.15, 0.2) is 0 Å². The van der Waals surface area contributed by atoms with E-state index >= 15 is 0 Å². The highest BCUT2D eigenvalue weighted by atomic mass is 19.1. The molecule has 1 amide bonds. The van der Waals surface area contributed by atoms with Crippen molar-refractivity contribution in [1.82, 2.24) is 4.90 Å². The van der Waals surface area contributed by atoms with Crippen LogP contribution in [0.15, 0.2) is 24.3 Å². The number of amides is 1. The van der Waals surface area contributed by atoms with Crippen molar-refractivity contribution in [2.45, 2.75) is 38.1 Å². The Labute approximate surface area is 119 Å². The Bertz CT molecular complexity index is 500. The van der Waals surface area contributed by atoms with Crippen molar-refractivity contribution in [1.29, 1.82) is 5.26 Å². The Morgan fingerprint density at radius 1 is 1.30 bits per heavy atom. The molecule has 0 aromatic heterocycles. The maximum Gasteiger partial charge on any atom is 0.226 e. The minimum atomic E-state index is -0.648. The normalized spacial score (nSPS) is 17.2. The molecule has 1 aliphatic rings. The predicted octanol–water partition coefficient (Wildman–Crippen LogP) is 3.43. The lowest BCUT2D eigenvalue weighted by molar-refractivity contribution is -0.136. The van der Waals surface area contributed by atoms with Crippen molar-refractivity contribution in [3.63, 3.8) is 0 Å². The molecule has 1 aromatic rings. The number of carbonyl (C=O) groups excluding carboxylic acids is 1. The topological polar surface area (TPSA) is 44.1 Å². The van der Waals surface area contributed by atoms with Gasteiger partial charge in [0.2, 0.25) is 5.91 Å². The Morgan fingerprint density at radius 2 is 1.90 bits per heavy atom. The van der Waals surface area contributed by atoms with Crippen LogP contribution in [0.4, 0.5) is 4.39 Å². The van der Waals surface area contributed by atoms with Crippen LogP contribution in [0, 0.1) is 23.1 Å². The maximum atomic E-state index is 12.9. The summed E-state index contributed by atoms with van der Waals surface area (Å²) < 4.78 is 12.9. The molecule has 0 saturated heterocycles. The second-order valence-electron chi connectivity index (χ2n) is 5.37. The smallest absolute Gasteiger partial charge is 0.226 e. The standard InChI is InChI=1S/C16H19FN2O/c1-19(16(20)13-5-3-2-4-6-13)15(11-18)12-7-9-14(17)10-8-12/h7-10,13,15H,2-6H2,1H3. The van der Waals surface area contributed by atoms with Crippen LogP contribution in [0.1, 0.15) is 43.7 Å². The first-order valence-electron chi connectivity index (χ1n) is 7.05. The van der Waals surface area contributed by atoms with Crippen LogP contribution in [0.5, 0.6) is 0 Å². The van der Waals surface area contributed by atoms with E-state index in [0.717, 1.165) is 25.7 Å². The number of nitrogens with zero attached hydrogens (tertiary/aromatic N) is 2. The molecule has 0 bridgehead atoms. The molecule has 3 nitrogen and oxygen atoms in total. The SMILES string of the molecule is CN(C(=O)C1CCCCC1)C(C#N)c1ccc(F)cc1. The molecule has 0 N–H and O–H groups in total. The average Bonchev–Trinajstić information content (AvgIpc) is 2.50. The van der Waals surface area contributed by atoms with Gasteiger partial charge in [-0.2, -0.15) is 5.26 Å². The lowest BCUT2D eigenvalue weighted by Crippen LogP contribution is -2.36. The number of hydrogen-bond donors (Lipinski definition) is 0. The molecule has 0 heterocycles. The Kier molecular flexibility index (Phi) is 4.73. The van der Waals surface area contributed by atoms with Gasteiger partial charge in [0.25, 0.3) is 0 Å². The van der Waals surface area contributed by atoms with Crippen LogP contribution in [0.3, 0.4) is 0 Å². The van der Waals surface area contributed by atoms with Gasteiger partial charge in [-0.3, -0.25) is 4.79 Å². The molecule has 20 heavy (non-hydrogen) atoms. The van der Waals surface area contributed by atoms with Crippen molar-refractivity contribution in [3.05, 3.63) is 35.6 Å². The molecule has 1 fully saturated rings. The number of hydrogen-bond acceptors (Lipinski definition) is 2. The van der Waals surface area contributed by atoms with E-state index in [1.54, 1.807) is 19.2 Å². The zero-order valence-corrected chi connectivity index (χ0v) is 11.7. The monoisotopic (exact) mass is 274 g/mol. The van der Waals surface area contributed by atoms with Gasteiger partial charge in [0.1, 0.15) is 11.9 Å². The first-order valence-corrected chi connectivity index (χ1v) is 7.05. The van der Waals surface area contributed by atoms with Gasteiger partial charge in [-0.1, -0.05) is 31.4 Å². The van der Waals surface area contributed by atoms with Crippen LogP contribution < -0.4 is 0 Å². The fourth-order valence-electron chi connectivity index (χ4n) is 2.79. The molecular formula is C16H19FN2O. The lowest BCUT2D eigenvalue weighted by Gasteiger charge is -2.29. The summed E-state index contributed by atoms with van der Waals surface area (Å²) in [6.07, 6.45) is 5.17. The van der Waals surface area contributed by atoms with Crippen molar-refractivity contribution in [3.8, 4) is 6.07 Å². The van der Waals surface area contributed by atoms with E-state index in [2.05, 4.69) is 6.07 Å². The van der Waals surface area contributed by atoms with E-state index < -0.39 is 6.04 Å². The second kappa shape index (κ2) is 6.51. The lowest BCUT2D eigenvalue weighted by atomic mass is 9.88. The van der Waals surface area contributed by atoms with E-state index in [0.29, 0.717) is 5.56 Å². The van der Waals surface area contributed by atoms with Crippen LogP contribution >= 0.6 is 0 Å². The van der Waals surface area contributed by atoms with E-state index in [9.17, 15) is 14.4 Å². The first-order chi connectivity index (χ1) is 9.63.